The van der Waals surface area contributed by atoms with Crippen molar-refractivity contribution in [3.05, 3.63) is 53.6 Å². The molecule has 5 atom stereocenters. The molecule has 0 amide bonds. The fourth-order valence-electron chi connectivity index (χ4n) is 3.26. The fourth-order valence-corrected chi connectivity index (χ4v) is 3.26. The standard InChI is InChI=1S/C21H26O8/c1-27-15-8-13(6-5-12-3-2-4-14(23)7-12)9-16(10-15)28-21-20(26)19(25)18(24)17(11-22)29-21/h2-4,7-10,17-26H,5-6,11H2,1H3. The van der Waals surface area contributed by atoms with E-state index < -0.39 is 37.3 Å². The Labute approximate surface area is 168 Å². The molecule has 0 bridgehead atoms. The Bertz CT molecular complexity index is 809. The van der Waals surface area contributed by atoms with E-state index in [2.05, 4.69) is 0 Å². The number of phenolic OH excluding ortho intramolecular Hbond substituents is 1. The summed E-state index contributed by atoms with van der Waals surface area (Å²) in [6.45, 7) is -0.530. The third-order valence-electron chi connectivity index (χ3n) is 4.89. The second-order valence-corrected chi connectivity index (χ2v) is 7.00. The Kier molecular flexibility index (Phi) is 6.94. The van der Waals surface area contributed by atoms with Gasteiger partial charge in [-0.3, -0.25) is 0 Å². The first kappa shape index (κ1) is 21.4. The van der Waals surface area contributed by atoms with Gasteiger partial charge in [0.15, 0.2) is 0 Å². The molecule has 0 spiro atoms. The van der Waals surface area contributed by atoms with Gasteiger partial charge in [-0.2, -0.15) is 0 Å². The van der Waals surface area contributed by atoms with Crippen molar-refractivity contribution < 1.29 is 39.7 Å². The molecule has 5 N–H and O–H groups in total. The Morgan fingerprint density at radius 2 is 1.62 bits per heavy atom. The van der Waals surface area contributed by atoms with Crippen LogP contribution in [-0.2, 0) is 17.6 Å². The molecule has 1 aliphatic heterocycles. The van der Waals surface area contributed by atoms with Gasteiger partial charge < -0.3 is 39.7 Å². The van der Waals surface area contributed by atoms with Crippen LogP contribution >= 0.6 is 0 Å². The molecule has 5 unspecified atom stereocenters. The normalized spacial score (nSPS) is 26.9. The van der Waals surface area contributed by atoms with Gasteiger partial charge in [-0.05, 0) is 48.2 Å². The van der Waals surface area contributed by atoms with Crippen molar-refractivity contribution in [1.29, 1.82) is 0 Å². The largest absolute Gasteiger partial charge is 0.508 e. The number of rotatable bonds is 7. The summed E-state index contributed by atoms with van der Waals surface area (Å²) in [5.41, 5.74) is 1.87. The van der Waals surface area contributed by atoms with Crippen molar-refractivity contribution in [2.75, 3.05) is 13.7 Å². The van der Waals surface area contributed by atoms with E-state index in [-0.39, 0.29) is 5.75 Å². The number of ether oxygens (including phenoxy) is 3. The SMILES string of the molecule is COc1cc(CCc2cccc(O)c2)cc(OC2OC(CO)C(O)C(O)C2O)c1. The van der Waals surface area contributed by atoms with E-state index in [1.165, 1.54) is 7.11 Å². The number of aliphatic hydroxyl groups excluding tert-OH is 4. The molecular formula is C21H26O8. The van der Waals surface area contributed by atoms with Crippen LogP contribution in [-0.4, -0.2) is 70.0 Å². The second-order valence-electron chi connectivity index (χ2n) is 7.00. The average Bonchev–Trinajstić information content (AvgIpc) is 2.72. The van der Waals surface area contributed by atoms with Gasteiger partial charge in [0.05, 0.1) is 13.7 Å². The minimum atomic E-state index is -1.51. The summed E-state index contributed by atoms with van der Waals surface area (Å²) in [4.78, 5) is 0. The average molecular weight is 406 g/mol. The van der Waals surface area contributed by atoms with Crippen molar-refractivity contribution in [1.82, 2.24) is 0 Å². The Morgan fingerprint density at radius 3 is 2.31 bits per heavy atom. The zero-order valence-corrected chi connectivity index (χ0v) is 16.0. The molecule has 1 fully saturated rings. The summed E-state index contributed by atoms with van der Waals surface area (Å²) in [7, 11) is 1.52. The maximum atomic E-state index is 10.2. The summed E-state index contributed by atoms with van der Waals surface area (Å²) in [5.74, 6) is 1.09. The van der Waals surface area contributed by atoms with Crippen molar-refractivity contribution in [2.24, 2.45) is 0 Å². The lowest BCUT2D eigenvalue weighted by atomic mass is 9.99. The summed E-state index contributed by atoms with van der Waals surface area (Å²) in [6.07, 6.45) is -5.44. The first-order chi connectivity index (χ1) is 13.9. The van der Waals surface area contributed by atoms with Gasteiger partial charge >= 0.3 is 0 Å². The van der Waals surface area contributed by atoms with Crippen LogP contribution in [0.5, 0.6) is 17.2 Å². The van der Waals surface area contributed by atoms with Crippen molar-refractivity contribution in [3.63, 3.8) is 0 Å². The highest BCUT2D eigenvalue weighted by Crippen LogP contribution is 2.28. The lowest BCUT2D eigenvalue weighted by molar-refractivity contribution is -0.277. The zero-order chi connectivity index (χ0) is 21.0. The predicted octanol–water partition coefficient (Wildman–Crippen LogP) is 0.365. The molecule has 1 aliphatic rings. The molecule has 29 heavy (non-hydrogen) atoms. The summed E-state index contributed by atoms with van der Waals surface area (Å²) in [5, 5.41) is 48.8. The van der Waals surface area contributed by atoms with Crippen molar-refractivity contribution in [3.8, 4) is 17.2 Å². The van der Waals surface area contributed by atoms with Gasteiger partial charge in [0, 0.05) is 6.07 Å². The minimum absolute atomic E-state index is 0.208. The predicted molar refractivity (Wildman–Crippen MR) is 103 cm³/mol. The van der Waals surface area contributed by atoms with Crippen LogP contribution in [0, 0.1) is 0 Å². The molecule has 0 aliphatic carbocycles. The Balaban J connectivity index is 1.74. The first-order valence-electron chi connectivity index (χ1n) is 9.34. The van der Waals surface area contributed by atoms with E-state index in [9.17, 15) is 25.5 Å². The molecule has 0 radical (unpaired) electrons. The van der Waals surface area contributed by atoms with Crippen LogP contribution in [0.1, 0.15) is 11.1 Å². The van der Waals surface area contributed by atoms with E-state index in [0.29, 0.717) is 24.3 Å². The van der Waals surface area contributed by atoms with Gasteiger partial charge in [-0.15, -0.1) is 0 Å². The van der Waals surface area contributed by atoms with E-state index >= 15 is 0 Å². The maximum Gasteiger partial charge on any atom is 0.229 e. The molecule has 1 saturated heterocycles. The highest BCUT2D eigenvalue weighted by atomic mass is 16.7. The highest BCUT2D eigenvalue weighted by Gasteiger charge is 2.44. The number of hydrogen-bond donors (Lipinski definition) is 5. The van der Waals surface area contributed by atoms with Gasteiger partial charge in [0.1, 0.15) is 41.7 Å². The Hall–Kier alpha value is -2.36. The quantitative estimate of drug-likeness (QED) is 0.446. The molecule has 2 aromatic carbocycles. The molecule has 3 rings (SSSR count). The molecule has 8 nitrogen and oxygen atoms in total. The van der Waals surface area contributed by atoms with Crippen molar-refractivity contribution >= 4 is 0 Å². The number of aliphatic hydroxyl groups is 4. The highest BCUT2D eigenvalue weighted by molar-refractivity contribution is 5.39. The first-order valence-corrected chi connectivity index (χ1v) is 9.34. The number of methoxy groups -OCH3 is 1. The number of hydrogen-bond acceptors (Lipinski definition) is 8. The van der Waals surface area contributed by atoms with Crippen LogP contribution in [0.3, 0.4) is 0 Å². The Morgan fingerprint density at radius 1 is 0.897 bits per heavy atom. The van der Waals surface area contributed by atoms with Crippen molar-refractivity contribution in [2.45, 2.75) is 43.5 Å². The third-order valence-corrected chi connectivity index (χ3v) is 4.89. The summed E-state index contributed by atoms with van der Waals surface area (Å²) < 4.78 is 16.4. The van der Waals surface area contributed by atoms with Crippen LogP contribution in [0.4, 0.5) is 0 Å². The summed E-state index contributed by atoms with van der Waals surface area (Å²) >= 11 is 0. The lowest BCUT2D eigenvalue weighted by Crippen LogP contribution is -2.60. The smallest absolute Gasteiger partial charge is 0.229 e. The zero-order valence-electron chi connectivity index (χ0n) is 16.0. The molecule has 0 saturated carbocycles. The van der Waals surface area contributed by atoms with E-state index in [1.54, 1.807) is 30.3 Å². The molecule has 1 heterocycles. The monoisotopic (exact) mass is 406 g/mol. The van der Waals surface area contributed by atoms with Gasteiger partial charge in [0.25, 0.3) is 0 Å². The molecular weight excluding hydrogens is 380 g/mol. The number of benzene rings is 2. The fraction of sp³-hybridized carbons (Fsp3) is 0.429. The second kappa shape index (κ2) is 9.43. The third kappa shape index (κ3) is 5.17. The van der Waals surface area contributed by atoms with Gasteiger partial charge in [-0.25, -0.2) is 0 Å². The lowest BCUT2D eigenvalue weighted by Gasteiger charge is -2.39. The van der Waals surface area contributed by atoms with Gasteiger partial charge in [-0.1, -0.05) is 12.1 Å². The number of aromatic hydroxyl groups is 1. The molecule has 0 aromatic heterocycles. The molecule has 158 valence electrons. The van der Waals surface area contributed by atoms with E-state index in [4.69, 9.17) is 14.2 Å². The van der Waals surface area contributed by atoms with Crippen LogP contribution in [0.2, 0.25) is 0 Å². The minimum Gasteiger partial charge on any atom is -0.508 e. The maximum absolute atomic E-state index is 10.2. The van der Waals surface area contributed by atoms with Crippen LogP contribution < -0.4 is 9.47 Å². The van der Waals surface area contributed by atoms with Gasteiger partial charge in [0.2, 0.25) is 6.29 Å². The number of phenols is 1. The van der Waals surface area contributed by atoms with Crippen LogP contribution in [0.25, 0.3) is 0 Å². The number of aryl methyl sites for hydroxylation is 2. The van der Waals surface area contributed by atoms with Crippen LogP contribution in [0.15, 0.2) is 42.5 Å². The van der Waals surface area contributed by atoms with E-state index in [0.717, 1.165) is 11.1 Å². The topological polar surface area (TPSA) is 129 Å². The molecule has 8 heteroatoms. The summed E-state index contributed by atoms with van der Waals surface area (Å²) in [6, 6.07) is 12.2. The molecule has 2 aromatic rings. The van der Waals surface area contributed by atoms with E-state index in [1.807, 2.05) is 12.1 Å².